The summed E-state index contributed by atoms with van der Waals surface area (Å²) in [5, 5.41) is 5.30. The molecule has 238 valence electrons. The molecule has 0 unspecified atom stereocenters. The molecule has 0 saturated heterocycles. The molecule has 0 amide bonds. The van der Waals surface area contributed by atoms with Gasteiger partial charge in [0.2, 0.25) is 0 Å². The minimum atomic E-state index is -2.75. The summed E-state index contributed by atoms with van der Waals surface area (Å²) in [6.45, 7) is 4.70. The Morgan fingerprint density at radius 1 is 0.580 bits per heavy atom. The number of fused-ring (bicyclic) bond motifs is 7. The van der Waals surface area contributed by atoms with Gasteiger partial charge in [-0.05, 0) is 73.8 Å². The molecule has 2 aliphatic rings. The van der Waals surface area contributed by atoms with Crippen LogP contribution in [0.2, 0.25) is 0 Å². The topological polar surface area (TPSA) is 27.1 Å². The van der Waals surface area contributed by atoms with Crippen molar-refractivity contribution in [2.75, 3.05) is 0 Å². The molecule has 0 bridgehead atoms. The molecule has 1 aliphatic carbocycles. The zero-order valence-electron chi connectivity index (χ0n) is 28.0. The van der Waals surface area contributed by atoms with Crippen LogP contribution in [0.4, 0.5) is 0 Å². The summed E-state index contributed by atoms with van der Waals surface area (Å²) in [5.41, 5.74) is 9.07. The Hall–Kier alpha value is -5.97. The summed E-state index contributed by atoms with van der Waals surface area (Å²) in [4.78, 5) is 5.21. The zero-order chi connectivity index (χ0) is 33.5. The monoisotopic (exact) mass is 658 g/mol. The minimum Gasteiger partial charge on any atom is -0.457 e. The molecule has 2 heterocycles. The van der Waals surface area contributed by atoms with Gasteiger partial charge in [-0.25, -0.2) is 4.98 Å². The van der Waals surface area contributed by atoms with E-state index in [1.165, 1.54) is 43.0 Å². The Morgan fingerprint density at radius 3 is 1.96 bits per heavy atom. The van der Waals surface area contributed by atoms with Crippen molar-refractivity contribution < 1.29 is 4.74 Å². The lowest BCUT2D eigenvalue weighted by atomic mass is 9.82. The highest BCUT2D eigenvalue weighted by atomic mass is 28.3. The Morgan fingerprint density at radius 2 is 1.22 bits per heavy atom. The maximum atomic E-state index is 7.12. The first kappa shape index (κ1) is 29.0. The van der Waals surface area contributed by atoms with Crippen molar-refractivity contribution in [3.8, 4) is 39.7 Å². The second-order valence-corrected chi connectivity index (χ2v) is 17.7. The molecule has 7 aromatic carbocycles. The quantitative estimate of drug-likeness (QED) is 0.178. The summed E-state index contributed by atoms with van der Waals surface area (Å²) in [6.07, 6.45) is 0. The van der Waals surface area contributed by atoms with Crippen molar-refractivity contribution in [2.24, 2.45) is 0 Å². The molecule has 1 aliphatic heterocycles. The fraction of sp³-hybridized carbons (Fsp3) is 0.0652. The van der Waals surface area contributed by atoms with Gasteiger partial charge in [0.15, 0.2) is 8.07 Å². The third-order valence-electron chi connectivity index (χ3n) is 10.9. The first-order chi connectivity index (χ1) is 24.6. The highest BCUT2D eigenvalue weighted by molar-refractivity contribution is 7.20. The number of hydrogen-bond acceptors (Lipinski definition) is 2. The van der Waals surface area contributed by atoms with E-state index in [4.69, 9.17) is 9.72 Å². The predicted octanol–water partition coefficient (Wildman–Crippen LogP) is 8.48. The van der Waals surface area contributed by atoms with Crippen molar-refractivity contribution in [3.05, 3.63) is 181 Å². The number of para-hydroxylation sites is 4. The normalized spacial score (nSPS) is 14.7. The summed E-state index contributed by atoms with van der Waals surface area (Å²) >= 11 is 0. The summed E-state index contributed by atoms with van der Waals surface area (Å²) in [5.74, 6) is 2.89. The van der Waals surface area contributed by atoms with E-state index in [0.29, 0.717) is 0 Å². The smallest absolute Gasteiger partial charge is 0.188 e. The van der Waals surface area contributed by atoms with E-state index in [1.54, 1.807) is 0 Å². The van der Waals surface area contributed by atoms with Gasteiger partial charge in [0.25, 0.3) is 0 Å². The average molecular weight is 659 g/mol. The second kappa shape index (κ2) is 10.8. The van der Waals surface area contributed by atoms with Crippen LogP contribution >= 0.6 is 0 Å². The van der Waals surface area contributed by atoms with E-state index in [9.17, 15) is 0 Å². The van der Waals surface area contributed by atoms with E-state index in [-0.39, 0.29) is 5.41 Å². The largest absolute Gasteiger partial charge is 0.457 e. The maximum absolute atomic E-state index is 7.12. The minimum absolute atomic E-state index is 0.247. The van der Waals surface area contributed by atoms with Gasteiger partial charge in [-0.3, -0.25) is 4.57 Å². The molecular weight excluding hydrogens is 625 g/mol. The van der Waals surface area contributed by atoms with E-state index >= 15 is 0 Å². The van der Waals surface area contributed by atoms with Crippen LogP contribution in [-0.2, 0) is 5.41 Å². The van der Waals surface area contributed by atoms with E-state index in [1.807, 2.05) is 0 Å². The first-order valence-electron chi connectivity index (χ1n) is 17.3. The van der Waals surface area contributed by atoms with E-state index < -0.39 is 8.07 Å². The number of imidazole rings is 1. The number of nitrogens with zero attached hydrogens (tertiary/aromatic N) is 2. The average Bonchev–Trinajstić information content (AvgIpc) is 3.67. The van der Waals surface area contributed by atoms with Gasteiger partial charge in [-0.1, -0.05) is 147 Å². The van der Waals surface area contributed by atoms with Crippen LogP contribution in [0.15, 0.2) is 170 Å². The molecule has 0 saturated carbocycles. The molecule has 4 heteroatoms. The molecule has 0 spiro atoms. The Bertz CT molecular complexity index is 2550. The van der Waals surface area contributed by atoms with Crippen LogP contribution in [0.3, 0.4) is 0 Å². The molecule has 0 atom stereocenters. The summed E-state index contributed by atoms with van der Waals surface area (Å²) in [7, 11) is -2.75. The Labute approximate surface area is 293 Å². The third kappa shape index (κ3) is 3.94. The standard InChI is InChI=1S/C46H34N2OSi/c1-46(2)36-28-29-42-44(49-40-24-14-15-25-41(40)50(42,33-18-8-4-9-19-33)34-20-10-5-11-21-34)43(36)35-27-26-31(30-37(35)46)45-47-38-22-12-13-23-39(38)48(45)32-16-6-3-7-17-32/h3-30H,1-2H3. The summed E-state index contributed by atoms with van der Waals surface area (Å²) in [6, 6.07) is 61.6. The molecule has 50 heavy (non-hydrogen) atoms. The summed E-state index contributed by atoms with van der Waals surface area (Å²) < 4.78 is 9.40. The molecule has 8 aromatic rings. The van der Waals surface area contributed by atoms with Gasteiger partial charge in [-0.2, -0.15) is 0 Å². The van der Waals surface area contributed by atoms with Gasteiger partial charge >= 0.3 is 0 Å². The van der Waals surface area contributed by atoms with Gasteiger partial charge in [-0.15, -0.1) is 0 Å². The molecule has 0 N–H and O–H groups in total. The lowest BCUT2D eigenvalue weighted by molar-refractivity contribution is 0.488. The maximum Gasteiger partial charge on any atom is 0.188 e. The molecule has 10 rings (SSSR count). The van der Waals surface area contributed by atoms with Gasteiger partial charge in [0, 0.05) is 22.2 Å². The van der Waals surface area contributed by atoms with Crippen LogP contribution in [-0.4, -0.2) is 17.6 Å². The van der Waals surface area contributed by atoms with Crippen molar-refractivity contribution in [1.29, 1.82) is 0 Å². The highest BCUT2D eigenvalue weighted by Crippen LogP contribution is 2.54. The van der Waals surface area contributed by atoms with Gasteiger partial charge in [0.1, 0.15) is 17.3 Å². The molecule has 0 radical (unpaired) electrons. The van der Waals surface area contributed by atoms with Gasteiger partial charge < -0.3 is 4.74 Å². The zero-order valence-corrected chi connectivity index (χ0v) is 29.0. The van der Waals surface area contributed by atoms with E-state index in [2.05, 4.69) is 188 Å². The van der Waals surface area contributed by atoms with Gasteiger partial charge in [0.05, 0.1) is 11.0 Å². The molecular formula is C46H34N2OSi. The molecule has 3 nitrogen and oxygen atoms in total. The highest BCUT2D eigenvalue weighted by Gasteiger charge is 2.50. The number of benzene rings is 7. The Kier molecular flexibility index (Phi) is 6.24. The number of rotatable bonds is 4. The Balaban J connectivity index is 1.23. The van der Waals surface area contributed by atoms with Crippen LogP contribution in [0.5, 0.6) is 11.5 Å². The van der Waals surface area contributed by atoms with Crippen molar-refractivity contribution in [2.45, 2.75) is 19.3 Å². The fourth-order valence-electron chi connectivity index (χ4n) is 8.68. The number of ether oxygens (including phenoxy) is 1. The second-order valence-electron chi connectivity index (χ2n) is 13.9. The predicted molar refractivity (Wildman–Crippen MR) is 208 cm³/mol. The lowest BCUT2D eigenvalue weighted by Gasteiger charge is -2.40. The van der Waals surface area contributed by atoms with Crippen molar-refractivity contribution in [1.82, 2.24) is 9.55 Å². The molecule has 0 fully saturated rings. The van der Waals surface area contributed by atoms with Crippen LogP contribution in [0.1, 0.15) is 25.0 Å². The SMILES string of the molecule is CC1(C)c2cc(-c3nc4ccccc4n3-c3ccccc3)ccc2-c2c1ccc1c2Oc2ccccc2[Si]1(c1ccccc1)c1ccccc1. The van der Waals surface area contributed by atoms with Crippen LogP contribution in [0.25, 0.3) is 39.2 Å². The first-order valence-corrected chi connectivity index (χ1v) is 19.3. The van der Waals surface area contributed by atoms with Crippen molar-refractivity contribution in [3.63, 3.8) is 0 Å². The van der Waals surface area contributed by atoms with Crippen LogP contribution < -0.4 is 25.5 Å². The molecule has 1 aromatic heterocycles. The van der Waals surface area contributed by atoms with Crippen LogP contribution in [0, 0.1) is 0 Å². The third-order valence-corrected chi connectivity index (χ3v) is 15.8. The number of aromatic nitrogens is 2. The fourth-order valence-corrected chi connectivity index (χ4v) is 13.6. The van der Waals surface area contributed by atoms with E-state index in [0.717, 1.165) is 39.6 Å². The van der Waals surface area contributed by atoms with Crippen molar-refractivity contribution >= 4 is 39.9 Å². The number of hydrogen-bond donors (Lipinski definition) is 0. The lowest BCUT2D eigenvalue weighted by Crippen LogP contribution is -2.76.